The molecular formula is C9H10ClF3N4O3S. The molecule has 0 spiro atoms. The van der Waals surface area contributed by atoms with Crippen molar-refractivity contribution in [1.29, 1.82) is 0 Å². The van der Waals surface area contributed by atoms with Gasteiger partial charge in [0.1, 0.15) is 6.54 Å². The molecule has 0 aromatic heterocycles. The third-order valence-corrected chi connectivity index (χ3v) is 3.42. The van der Waals surface area contributed by atoms with Crippen LogP contribution in [0.1, 0.15) is 5.56 Å². The average Bonchev–Trinajstić information content (AvgIpc) is 2.37. The Hall–Kier alpha value is -1.72. The summed E-state index contributed by atoms with van der Waals surface area (Å²) in [6.07, 6.45) is -4.70. The van der Waals surface area contributed by atoms with Crippen molar-refractivity contribution in [3.05, 3.63) is 28.8 Å². The zero-order valence-corrected chi connectivity index (χ0v) is 11.7. The summed E-state index contributed by atoms with van der Waals surface area (Å²) in [5.41, 5.74) is 5.20. The molecule has 0 aliphatic rings. The van der Waals surface area contributed by atoms with E-state index in [0.717, 1.165) is 6.07 Å². The van der Waals surface area contributed by atoms with E-state index in [9.17, 15) is 21.6 Å². The number of anilines is 1. The van der Waals surface area contributed by atoms with Crippen molar-refractivity contribution in [3.8, 4) is 0 Å². The number of amidine groups is 1. The molecule has 0 unspecified atom stereocenters. The van der Waals surface area contributed by atoms with E-state index in [2.05, 4.69) is 5.16 Å². The van der Waals surface area contributed by atoms with Crippen LogP contribution >= 0.6 is 11.6 Å². The molecule has 0 saturated carbocycles. The Balaban J connectivity index is 2.96. The fraction of sp³-hybridized carbons (Fsp3) is 0.222. The van der Waals surface area contributed by atoms with E-state index in [4.69, 9.17) is 22.5 Å². The van der Waals surface area contributed by atoms with E-state index in [1.54, 1.807) is 0 Å². The summed E-state index contributed by atoms with van der Waals surface area (Å²) in [7, 11) is -4.49. The number of oxime groups is 1. The minimum atomic E-state index is -4.70. The number of rotatable bonds is 5. The van der Waals surface area contributed by atoms with Crippen LogP contribution in [-0.2, 0) is 10.2 Å². The number of benzene rings is 1. The topological polar surface area (TPSA) is 117 Å². The standard InChI is InChI=1S/C9H10ClF3N4O3S/c10-6-2-1-5(8(14)16-18)3-7(6)17-21(19,20)15-4-9(11,12)13/h1-3,15,17-18H,4H2,(H2,14,16). The van der Waals surface area contributed by atoms with E-state index in [-0.39, 0.29) is 22.1 Å². The van der Waals surface area contributed by atoms with E-state index in [1.807, 2.05) is 4.72 Å². The normalized spacial score (nSPS) is 13.2. The average molecular weight is 347 g/mol. The minimum Gasteiger partial charge on any atom is -0.409 e. The van der Waals surface area contributed by atoms with E-state index >= 15 is 0 Å². The van der Waals surface area contributed by atoms with Crippen LogP contribution in [-0.4, -0.2) is 32.2 Å². The Labute approximate surface area is 122 Å². The molecule has 1 rings (SSSR count). The number of hydrogen-bond acceptors (Lipinski definition) is 4. The van der Waals surface area contributed by atoms with Crippen LogP contribution in [0.25, 0.3) is 0 Å². The summed E-state index contributed by atoms with van der Waals surface area (Å²) in [6.45, 7) is -1.74. The Morgan fingerprint density at radius 1 is 1.43 bits per heavy atom. The van der Waals surface area contributed by atoms with Gasteiger partial charge in [0.25, 0.3) is 10.2 Å². The smallest absolute Gasteiger partial charge is 0.402 e. The number of alkyl halides is 3. The summed E-state index contributed by atoms with van der Waals surface area (Å²) in [6, 6.07) is 3.67. The van der Waals surface area contributed by atoms with Crippen LogP contribution < -0.4 is 15.2 Å². The highest BCUT2D eigenvalue weighted by molar-refractivity contribution is 7.90. The first-order valence-electron chi connectivity index (χ1n) is 5.15. The van der Waals surface area contributed by atoms with E-state index < -0.39 is 22.9 Å². The van der Waals surface area contributed by atoms with Crippen molar-refractivity contribution in [2.75, 3.05) is 11.3 Å². The lowest BCUT2D eigenvalue weighted by molar-refractivity contribution is -0.121. The van der Waals surface area contributed by atoms with Gasteiger partial charge in [-0.15, -0.1) is 0 Å². The highest BCUT2D eigenvalue weighted by Gasteiger charge is 2.29. The van der Waals surface area contributed by atoms with Crippen LogP contribution in [0.3, 0.4) is 0 Å². The second kappa shape index (κ2) is 6.37. The Kier molecular flexibility index (Phi) is 5.25. The number of hydrogen-bond donors (Lipinski definition) is 4. The van der Waals surface area contributed by atoms with Crippen molar-refractivity contribution >= 4 is 33.3 Å². The highest BCUT2D eigenvalue weighted by Crippen LogP contribution is 2.24. The van der Waals surface area contributed by atoms with E-state index in [1.165, 1.54) is 16.9 Å². The van der Waals surface area contributed by atoms with Crippen molar-refractivity contribution in [2.45, 2.75) is 6.18 Å². The molecule has 0 radical (unpaired) electrons. The summed E-state index contributed by atoms with van der Waals surface area (Å²) < 4.78 is 62.0. The zero-order valence-electron chi connectivity index (χ0n) is 10.1. The van der Waals surface area contributed by atoms with Crippen LogP contribution in [0.2, 0.25) is 5.02 Å². The largest absolute Gasteiger partial charge is 0.409 e. The zero-order chi connectivity index (χ0) is 16.3. The molecule has 5 N–H and O–H groups in total. The molecular weight excluding hydrogens is 337 g/mol. The van der Waals surface area contributed by atoms with Gasteiger partial charge in [-0.3, -0.25) is 4.72 Å². The quantitative estimate of drug-likeness (QED) is 0.278. The second-order valence-corrected chi connectivity index (χ2v) is 5.63. The third kappa shape index (κ3) is 5.65. The maximum atomic E-state index is 12.0. The fourth-order valence-electron chi connectivity index (χ4n) is 1.18. The lowest BCUT2D eigenvalue weighted by Gasteiger charge is -2.13. The number of nitrogens with two attached hydrogens (primary N) is 1. The van der Waals surface area contributed by atoms with E-state index in [0.29, 0.717) is 0 Å². The van der Waals surface area contributed by atoms with Gasteiger partial charge < -0.3 is 10.9 Å². The van der Waals surface area contributed by atoms with Crippen molar-refractivity contribution < 1.29 is 26.8 Å². The van der Waals surface area contributed by atoms with Crippen molar-refractivity contribution in [2.24, 2.45) is 10.9 Å². The van der Waals surface area contributed by atoms with Gasteiger partial charge in [0.05, 0.1) is 10.7 Å². The molecule has 0 heterocycles. The molecule has 21 heavy (non-hydrogen) atoms. The summed E-state index contributed by atoms with van der Waals surface area (Å²) in [5, 5.41) is 11.1. The maximum absolute atomic E-state index is 12.0. The number of halogens is 4. The van der Waals surface area contributed by atoms with Crippen LogP contribution in [0, 0.1) is 0 Å². The molecule has 1 aromatic rings. The molecule has 0 amide bonds. The molecule has 118 valence electrons. The third-order valence-electron chi connectivity index (χ3n) is 2.08. The predicted octanol–water partition coefficient (Wildman–Crippen LogP) is 1.24. The van der Waals surface area contributed by atoms with Crippen LogP contribution in [0.5, 0.6) is 0 Å². The van der Waals surface area contributed by atoms with Crippen LogP contribution in [0.4, 0.5) is 18.9 Å². The molecule has 12 heteroatoms. The summed E-state index contributed by atoms with van der Waals surface area (Å²) in [4.78, 5) is 0. The first-order chi connectivity index (χ1) is 9.54. The maximum Gasteiger partial charge on any atom is 0.402 e. The predicted molar refractivity (Wildman–Crippen MR) is 70.6 cm³/mol. The molecule has 1 aromatic carbocycles. The summed E-state index contributed by atoms with van der Waals surface area (Å²) in [5.74, 6) is -0.324. The fourth-order valence-corrected chi connectivity index (χ4v) is 2.28. The summed E-state index contributed by atoms with van der Waals surface area (Å²) >= 11 is 5.72. The van der Waals surface area contributed by atoms with Gasteiger partial charge in [-0.25, -0.2) is 0 Å². The van der Waals surface area contributed by atoms with Gasteiger partial charge in [-0.1, -0.05) is 16.8 Å². The van der Waals surface area contributed by atoms with Gasteiger partial charge >= 0.3 is 6.18 Å². The Bertz CT molecular complexity index is 648. The molecule has 0 aliphatic heterocycles. The lowest BCUT2D eigenvalue weighted by atomic mass is 10.2. The van der Waals surface area contributed by atoms with Gasteiger partial charge in [0.15, 0.2) is 5.84 Å². The van der Waals surface area contributed by atoms with Gasteiger partial charge in [-0.05, 0) is 18.2 Å². The van der Waals surface area contributed by atoms with Crippen molar-refractivity contribution in [1.82, 2.24) is 4.72 Å². The Morgan fingerprint density at radius 2 is 2.05 bits per heavy atom. The van der Waals surface area contributed by atoms with Crippen LogP contribution in [0.15, 0.2) is 23.4 Å². The molecule has 0 aliphatic carbocycles. The first kappa shape index (κ1) is 17.3. The SMILES string of the molecule is N/C(=N/O)c1ccc(Cl)c(NS(=O)(=O)NCC(F)(F)F)c1. The van der Waals surface area contributed by atoms with Gasteiger partial charge in [0.2, 0.25) is 0 Å². The minimum absolute atomic E-state index is 0.0816. The molecule has 0 atom stereocenters. The Morgan fingerprint density at radius 3 is 2.57 bits per heavy atom. The number of nitrogens with zero attached hydrogens (tertiary/aromatic N) is 1. The monoisotopic (exact) mass is 346 g/mol. The molecule has 7 nitrogen and oxygen atoms in total. The highest BCUT2D eigenvalue weighted by atomic mass is 35.5. The van der Waals surface area contributed by atoms with Gasteiger partial charge in [0, 0.05) is 5.56 Å². The number of nitrogens with one attached hydrogen (secondary N) is 2. The molecule has 0 bridgehead atoms. The first-order valence-corrected chi connectivity index (χ1v) is 7.02. The molecule has 0 saturated heterocycles. The van der Waals surface area contributed by atoms with Crippen molar-refractivity contribution in [3.63, 3.8) is 0 Å². The lowest BCUT2D eigenvalue weighted by Crippen LogP contribution is -2.37. The second-order valence-electron chi connectivity index (χ2n) is 3.72. The van der Waals surface area contributed by atoms with Gasteiger partial charge in [-0.2, -0.15) is 26.3 Å². The molecule has 0 fully saturated rings.